The first kappa shape index (κ1) is 21.8. The summed E-state index contributed by atoms with van der Waals surface area (Å²) in [6.07, 6.45) is 1.02. The molecule has 1 aromatic carbocycles. The second-order valence-electron chi connectivity index (χ2n) is 7.83. The number of nitrogens with one attached hydrogen (secondary N) is 1. The Labute approximate surface area is 200 Å². The summed E-state index contributed by atoms with van der Waals surface area (Å²) in [6.45, 7) is 3.96. The third-order valence-electron chi connectivity index (χ3n) is 5.78. The molecule has 0 atom stereocenters. The molecule has 9 heteroatoms. The summed E-state index contributed by atoms with van der Waals surface area (Å²) in [6, 6.07) is 10.2. The Balaban J connectivity index is 1.46. The molecule has 0 spiro atoms. The zero-order valence-corrected chi connectivity index (χ0v) is 20.3. The van der Waals surface area contributed by atoms with Crippen molar-refractivity contribution in [1.29, 1.82) is 0 Å². The Bertz CT molecular complexity index is 1330. The van der Waals surface area contributed by atoms with Crippen molar-refractivity contribution >= 4 is 50.2 Å². The van der Waals surface area contributed by atoms with E-state index in [1.54, 1.807) is 14.2 Å². The molecule has 0 aliphatic carbocycles. The number of fused-ring (bicyclic) bond motifs is 2. The number of carbonyl (C=O) groups is 1. The molecular formula is C24H24N4O3S2. The van der Waals surface area contributed by atoms with Gasteiger partial charge in [0.25, 0.3) is 5.91 Å². The number of aromatic nitrogens is 2. The van der Waals surface area contributed by atoms with E-state index < -0.39 is 0 Å². The third kappa shape index (κ3) is 4.07. The molecule has 170 valence electrons. The highest BCUT2D eigenvalue weighted by Gasteiger charge is 2.24. The number of aryl methyl sites for hydroxylation is 1. The molecule has 1 amide bonds. The van der Waals surface area contributed by atoms with Gasteiger partial charge in [-0.1, -0.05) is 12.1 Å². The van der Waals surface area contributed by atoms with Crippen LogP contribution in [0.25, 0.3) is 10.2 Å². The van der Waals surface area contributed by atoms with Gasteiger partial charge in [0.2, 0.25) is 5.88 Å². The van der Waals surface area contributed by atoms with Crippen LogP contribution >= 0.6 is 22.7 Å². The Morgan fingerprint density at radius 2 is 2.06 bits per heavy atom. The van der Waals surface area contributed by atoms with E-state index in [0.717, 1.165) is 41.8 Å². The topological polar surface area (TPSA) is 76.6 Å². The first-order valence-corrected chi connectivity index (χ1v) is 12.3. The van der Waals surface area contributed by atoms with E-state index >= 15 is 0 Å². The van der Waals surface area contributed by atoms with Crippen LogP contribution in [0.2, 0.25) is 0 Å². The van der Waals surface area contributed by atoms with Crippen LogP contribution in [0.15, 0.2) is 35.7 Å². The molecule has 5 rings (SSSR count). The van der Waals surface area contributed by atoms with Crippen molar-refractivity contribution in [3.05, 3.63) is 62.4 Å². The van der Waals surface area contributed by atoms with E-state index in [-0.39, 0.29) is 12.5 Å². The molecular weight excluding hydrogens is 456 g/mol. The van der Waals surface area contributed by atoms with Crippen LogP contribution in [0.3, 0.4) is 0 Å². The minimum atomic E-state index is -0.161. The number of rotatable bonds is 6. The minimum absolute atomic E-state index is 0.161. The number of hydrogen-bond acceptors (Lipinski definition) is 8. The summed E-state index contributed by atoms with van der Waals surface area (Å²) in [7, 11) is 3.17. The number of ether oxygens (including phenoxy) is 2. The maximum atomic E-state index is 13.4. The van der Waals surface area contributed by atoms with Gasteiger partial charge in [0.1, 0.15) is 11.4 Å². The number of anilines is 2. The maximum Gasteiger partial charge on any atom is 0.266 e. The van der Waals surface area contributed by atoms with Gasteiger partial charge < -0.3 is 19.7 Å². The smallest absolute Gasteiger partial charge is 0.266 e. The molecule has 0 saturated carbocycles. The van der Waals surface area contributed by atoms with E-state index in [1.165, 1.54) is 21.8 Å². The van der Waals surface area contributed by atoms with Gasteiger partial charge in [-0.15, -0.1) is 22.7 Å². The van der Waals surface area contributed by atoms with Crippen LogP contribution in [-0.4, -0.2) is 36.6 Å². The number of carbonyl (C=O) groups excluding carboxylic acids is 1. The summed E-state index contributed by atoms with van der Waals surface area (Å²) in [5.41, 5.74) is 4.01. The number of amides is 1. The Morgan fingerprint density at radius 3 is 2.88 bits per heavy atom. The first-order valence-electron chi connectivity index (χ1n) is 10.6. The lowest BCUT2D eigenvalue weighted by Gasteiger charge is -2.30. The molecule has 4 aromatic rings. The summed E-state index contributed by atoms with van der Waals surface area (Å²) in [4.78, 5) is 27.5. The number of benzene rings is 1. The summed E-state index contributed by atoms with van der Waals surface area (Å²) >= 11 is 3.16. The van der Waals surface area contributed by atoms with Gasteiger partial charge in [0.15, 0.2) is 5.82 Å². The number of nitrogens with zero attached hydrogens (tertiary/aromatic N) is 3. The van der Waals surface area contributed by atoms with E-state index in [4.69, 9.17) is 9.47 Å². The highest BCUT2D eigenvalue weighted by Crippen LogP contribution is 2.37. The van der Waals surface area contributed by atoms with Gasteiger partial charge in [-0.05, 0) is 48.1 Å². The van der Waals surface area contributed by atoms with Crippen molar-refractivity contribution in [3.63, 3.8) is 0 Å². The highest BCUT2D eigenvalue weighted by atomic mass is 32.1. The molecule has 1 aliphatic heterocycles. The van der Waals surface area contributed by atoms with E-state index in [2.05, 4.69) is 37.7 Å². The predicted octanol–water partition coefficient (Wildman–Crippen LogP) is 5.03. The van der Waals surface area contributed by atoms with Crippen LogP contribution in [0.4, 0.5) is 11.4 Å². The average molecular weight is 481 g/mol. The van der Waals surface area contributed by atoms with Crippen molar-refractivity contribution in [2.75, 3.05) is 31.0 Å². The van der Waals surface area contributed by atoms with E-state index in [1.807, 2.05) is 36.5 Å². The summed E-state index contributed by atoms with van der Waals surface area (Å²) in [5.74, 6) is 0.824. The van der Waals surface area contributed by atoms with Crippen molar-refractivity contribution in [2.45, 2.75) is 26.5 Å². The molecule has 0 saturated heterocycles. The number of hydrogen-bond donors (Lipinski definition) is 1. The molecule has 1 N–H and O–H groups in total. The molecule has 1 aliphatic rings. The Kier molecular flexibility index (Phi) is 6.01. The third-order valence-corrected chi connectivity index (χ3v) is 7.98. The van der Waals surface area contributed by atoms with Gasteiger partial charge >= 0.3 is 0 Å². The van der Waals surface area contributed by atoms with Crippen LogP contribution in [0, 0.1) is 6.92 Å². The minimum Gasteiger partial charge on any atom is -0.480 e. The maximum absolute atomic E-state index is 13.4. The largest absolute Gasteiger partial charge is 0.480 e. The van der Waals surface area contributed by atoms with Gasteiger partial charge in [-0.2, -0.15) is 4.98 Å². The lowest BCUT2D eigenvalue weighted by Crippen LogP contribution is -2.30. The van der Waals surface area contributed by atoms with Crippen molar-refractivity contribution in [1.82, 2.24) is 9.97 Å². The van der Waals surface area contributed by atoms with Gasteiger partial charge in [-0.3, -0.25) is 4.79 Å². The molecule has 0 radical (unpaired) electrons. The average Bonchev–Trinajstić information content (AvgIpc) is 3.43. The Hall–Kier alpha value is -3.01. The fourth-order valence-corrected chi connectivity index (χ4v) is 6.17. The molecule has 0 fully saturated rings. The fourth-order valence-electron chi connectivity index (χ4n) is 4.19. The number of methoxy groups -OCH3 is 2. The predicted molar refractivity (Wildman–Crippen MR) is 133 cm³/mol. The van der Waals surface area contributed by atoms with Crippen molar-refractivity contribution < 1.29 is 14.3 Å². The quantitative estimate of drug-likeness (QED) is 0.417. The van der Waals surface area contributed by atoms with Crippen molar-refractivity contribution in [2.24, 2.45) is 0 Å². The molecule has 7 nitrogen and oxygen atoms in total. The molecule has 4 heterocycles. The SMILES string of the molecule is COCc1nc(OC)c2c(C)c(C(=O)Nc3ccccc3N3CCc4sccc4C3)sc2n1. The van der Waals surface area contributed by atoms with Crippen LogP contribution in [-0.2, 0) is 24.3 Å². The standard InChI is InChI=1S/C24H24N4O3S2/c1-14-20-23(31-3)26-19(13-30-2)27-24(20)33-21(14)22(29)25-16-6-4-5-7-17(16)28-10-8-18-15(12-28)9-11-32-18/h4-7,9,11H,8,10,12-13H2,1-3H3,(H,25,29). The van der Waals surface area contributed by atoms with E-state index in [0.29, 0.717) is 21.4 Å². The lowest BCUT2D eigenvalue weighted by atomic mass is 10.1. The van der Waals surface area contributed by atoms with Crippen LogP contribution < -0.4 is 15.0 Å². The zero-order valence-electron chi connectivity index (χ0n) is 18.7. The highest BCUT2D eigenvalue weighted by molar-refractivity contribution is 7.20. The second-order valence-corrected chi connectivity index (χ2v) is 9.83. The summed E-state index contributed by atoms with van der Waals surface area (Å²) < 4.78 is 10.7. The van der Waals surface area contributed by atoms with Crippen LogP contribution in [0.1, 0.15) is 31.5 Å². The molecule has 0 unspecified atom stereocenters. The lowest BCUT2D eigenvalue weighted by molar-refractivity contribution is 0.103. The van der Waals surface area contributed by atoms with Gasteiger partial charge in [0.05, 0.1) is 28.7 Å². The molecule has 3 aromatic heterocycles. The summed E-state index contributed by atoms with van der Waals surface area (Å²) in [5, 5.41) is 6.06. The zero-order chi connectivity index (χ0) is 22.9. The second kappa shape index (κ2) is 9.09. The number of thiophene rings is 2. The Morgan fingerprint density at radius 1 is 1.21 bits per heavy atom. The molecule has 0 bridgehead atoms. The number of para-hydroxylation sites is 2. The van der Waals surface area contributed by atoms with E-state index in [9.17, 15) is 4.79 Å². The van der Waals surface area contributed by atoms with Crippen molar-refractivity contribution in [3.8, 4) is 5.88 Å². The fraction of sp³-hybridized carbons (Fsp3) is 0.292. The van der Waals surface area contributed by atoms with Crippen LogP contribution in [0.5, 0.6) is 5.88 Å². The first-order chi connectivity index (χ1) is 16.1. The van der Waals surface area contributed by atoms with Gasteiger partial charge in [0, 0.05) is 25.1 Å². The van der Waals surface area contributed by atoms with Gasteiger partial charge in [-0.25, -0.2) is 4.98 Å². The molecule has 33 heavy (non-hydrogen) atoms. The monoisotopic (exact) mass is 480 g/mol. The normalized spacial score (nSPS) is 13.2.